The largest absolute Gasteiger partial charge is 0.464 e. The minimum absolute atomic E-state index is 0.174. The molecule has 6 nitrogen and oxygen atoms in total. The van der Waals surface area contributed by atoms with E-state index in [-0.39, 0.29) is 12.3 Å². The van der Waals surface area contributed by atoms with Gasteiger partial charge in [-0.1, -0.05) is 36.4 Å². The quantitative estimate of drug-likeness (QED) is 0.722. The van der Waals surface area contributed by atoms with E-state index >= 15 is 0 Å². The summed E-state index contributed by atoms with van der Waals surface area (Å²) in [5.41, 5.74) is 2.47. The molecule has 1 aromatic heterocycles. The first-order valence-electron chi connectivity index (χ1n) is 8.89. The molecule has 0 aliphatic heterocycles. The highest BCUT2D eigenvalue weighted by molar-refractivity contribution is 5.98. The lowest BCUT2D eigenvalue weighted by Crippen LogP contribution is -2.56. The summed E-state index contributed by atoms with van der Waals surface area (Å²) in [6.45, 7) is 2.01. The van der Waals surface area contributed by atoms with Gasteiger partial charge in [0, 0.05) is 12.8 Å². The molecule has 0 spiro atoms. The molecule has 4 rings (SSSR count). The fraction of sp³-hybridized carbons (Fsp3) is 0.238. The van der Waals surface area contributed by atoms with Crippen LogP contribution in [0.4, 0.5) is 0 Å². The Morgan fingerprint density at radius 3 is 2.33 bits per heavy atom. The number of carbonyl (C=O) groups excluding carboxylic acids is 2. The molecular formula is C21H19N3O3. The van der Waals surface area contributed by atoms with Gasteiger partial charge in [0.2, 0.25) is 0 Å². The highest BCUT2D eigenvalue weighted by Crippen LogP contribution is 2.31. The second-order valence-electron chi connectivity index (χ2n) is 6.62. The molecule has 1 aliphatic rings. The predicted molar refractivity (Wildman–Crippen MR) is 100 cm³/mol. The molecule has 6 heteroatoms. The van der Waals surface area contributed by atoms with Crippen LogP contribution in [0.15, 0.2) is 54.7 Å². The Balaban J connectivity index is 1.65. The van der Waals surface area contributed by atoms with Crippen LogP contribution in [0.2, 0.25) is 0 Å². The van der Waals surface area contributed by atoms with Crippen LogP contribution < -0.4 is 5.32 Å². The summed E-state index contributed by atoms with van der Waals surface area (Å²) in [6, 6.07) is 15.1. The maximum absolute atomic E-state index is 12.9. The number of benzene rings is 2. The van der Waals surface area contributed by atoms with Crippen molar-refractivity contribution in [1.29, 1.82) is 0 Å². The van der Waals surface area contributed by atoms with Crippen molar-refractivity contribution < 1.29 is 14.3 Å². The normalized spacial score (nSPS) is 14.6. The summed E-state index contributed by atoms with van der Waals surface area (Å²) in [5, 5.41) is 2.89. The maximum Gasteiger partial charge on any atom is 0.332 e. The Morgan fingerprint density at radius 1 is 1.04 bits per heavy atom. The summed E-state index contributed by atoms with van der Waals surface area (Å²) >= 11 is 0. The molecule has 1 aliphatic carbocycles. The van der Waals surface area contributed by atoms with E-state index in [1.807, 2.05) is 42.5 Å². The second kappa shape index (κ2) is 6.79. The maximum atomic E-state index is 12.9. The topological polar surface area (TPSA) is 81.2 Å². The number of rotatable bonds is 4. The Morgan fingerprint density at radius 2 is 1.67 bits per heavy atom. The van der Waals surface area contributed by atoms with Gasteiger partial charge in [-0.3, -0.25) is 9.78 Å². The number of esters is 1. The number of amides is 1. The Kier molecular flexibility index (Phi) is 4.32. The molecule has 0 bridgehead atoms. The molecule has 0 unspecified atom stereocenters. The molecule has 1 heterocycles. The smallest absolute Gasteiger partial charge is 0.332 e. The summed E-state index contributed by atoms with van der Waals surface area (Å²) < 4.78 is 5.28. The Bertz CT molecular complexity index is 1010. The fourth-order valence-electron chi connectivity index (χ4n) is 3.52. The number of nitrogens with one attached hydrogen (secondary N) is 1. The van der Waals surface area contributed by atoms with Gasteiger partial charge < -0.3 is 10.1 Å². The zero-order valence-corrected chi connectivity index (χ0v) is 14.9. The van der Waals surface area contributed by atoms with Crippen molar-refractivity contribution in [1.82, 2.24) is 15.3 Å². The van der Waals surface area contributed by atoms with Crippen molar-refractivity contribution in [2.75, 3.05) is 6.61 Å². The zero-order chi connectivity index (χ0) is 18.9. The van der Waals surface area contributed by atoms with Crippen molar-refractivity contribution in [3.05, 3.63) is 71.5 Å². The van der Waals surface area contributed by atoms with Crippen molar-refractivity contribution in [2.45, 2.75) is 25.3 Å². The van der Waals surface area contributed by atoms with E-state index in [1.165, 1.54) is 6.20 Å². The Labute approximate surface area is 156 Å². The first-order chi connectivity index (χ1) is 13.1. The molecule has 1 amide bonds. The van der Waals surface area contributed by atoms with E-state index in [1.54, 1.807) is 13.0 Å². The standard InChI is InChI=1S/C21H19N3O3/c1-2-27-20(26)21(11-14-7-3-4-8-15(14)12-21)24-19(25)18-13-22-16-9-5-6-10-17(16)23-18/h3-10,13H,2,11-12H2,1H3,(H,24,25). The molecule has 0 radical (unpaired) electrons. The van der Waals surface area contributed by atoms with E-state index in [0.717, 1.165) is 11.1 Å². The number of aromatic nitrogens is 2. The van der Waals surface area contributed by atoms with Crippen molar-refractivity contribution in [3.63, 3.8) is 0 Å². The minimum atomic E-state index is -1.12. The third-order valence-electron chi connectivity index (χ3n) is 4.80. The van der Waals surface area contributed by atoms with Gasteiger partial charge in [-0.25, -0.2) is 9.78 Å². The molecule has 27 heavy (non-hydrogen) atoms. The molecular weight excluding hydrogens is 342 g/mol. The monoisotopic (exact) mass is 361 g/mol. The van der Waals surface area contributed by atoms with Crippen LogP contribution in [0, 0.1) is 0 Å². The number of ether oxygens (including phenoxy) is 1. The Hall–Kier alpha value is -3.28. The van der Waals surface area contributed by atoms with Gasteiger partial charge in [0.1, 0.15) is 11.2 Å². The molecule has 136 valence electrons. The van der Waals surface area contributed by atoms with Crippen LogP contribution >= 0.6 is 0 Å². The molecule has 0 fully saturated rings. The van der Waals surface area contributed by atoms with E-state index in [4.69, 9.17) is 4.74 Å². The number of nitrogens with zero attached hydrogens (tertiary/aromatic N) is 2. The van der Waals surface area contributed by atoms with Crippen molar-refractivity contribution in [2.24, 2.45) is 0 Å². The molecule has 0 saturated heterocycles. The number of hydrogen-bond donors (Lipinski definition) is 1. The first-order valence-corrected chi connectivity index (χ1v) is 8.89. The van der Waals surface area contributed by atoms with Gasteiger partial charge in [-0.15, -0.1) is 0 Å². The third kappa shape index (κ3) is 3.14. The minimum Gasteiger partial charge on any atom is -0.464 e. The van der Waals surface area contributed by atoms with Crippen LogP contribution in [0.3, 0.4) is 0 Å². The van der Waals surface area contributed by atoms with Gasteiger partial charge in [0.25, 0.3) is 5.91 Å². The second-order valence-corrected chi connectivity index (χ2v) is 6.62. The summed E-state index contributed by atoms with van der Waals surface area (Å²) in [6.07, 6.45) is 2.22. The average Bonchev–Trinajstić information content (AvgIpc) is 3.07. The summed E-state index contributed by atoms with van der Waals surface area (Å²) in [7, 11) is 0. The van der Waals surface area contributed by atoms with Gasteiger partial charge >= 0.3 is 5.97 Å². The van der Waals surface area contributed by atoms with Crippen LogP contribution in [-0.2, 0) is 22.4 Å². The van der Waals surface area contributed by atoms with Crippen LogP contribution in [-0.4, -0.2) is 34.0 Å². The van der Waals surface area contributed by atoms with Gasteiger partial charge in [0.15, 0.2) is 0 Å². The van der Waals surface area contributed by atoms with Crippen molar-refractivity contribution >= 4 is 22.9 Å². The molecule has 0 saturated carbocycles. The van der Waals surface area contributed by atoms with E-state index in [2.05, 4.69) is 15.3 Å². The van der Waals surface area contributed by atoms with Crippen LogP contribution in [0.5, 0.6) is 0 Å². The molecule has 0 atom stereocenters. The van der Waals surface area contributed by atoms with Gasteiger partial charge in [0.05, 0.1) is 23.8 Å². The van der Waals surface area contributed by atoms with E-state index in [9.17, 15) is 9.59 Å². The molecule has 2 aromatic carbocycles. The molecule has 3 aromatic rings. The van der Waals surface area contributed by atoms with Crippen molar-refractivity contribution in [3.8, 4) is 0 Å². The lowest BCUT2D eigenvalue weighted by Gasteiger charge is -2.27. The van der Waals surface area contributed by atoms with Crippen LogP contribution in [0.1, 0.15) is 28.5 Å². The zero-order valence-electron chi connectivity index (χ0n) is 14.9. The fourth-order valence-corrected chi connectivity index (χ4v) is 3.52. The van der Waals surface area contributed by atoms with Gasteiger partial charge in [-0.2, -0.15) is 0 Å². The average molecular weight is 361 g/mol. The van der Waals surface area contributed by atoms with Gasteiger partial charge in [-0.05, 0) is 30.2 Å². The first kappa shape index (κ1) is 17.1. The lowest BCUT2D eigenvalue weighted by atomic mass is 9.95. The highest BCUT2D eigenvalue weighted by Gasteiger charge is 2.46. The van der Waals surface area contributed by atoms with E-state index < -0.39 is 17.4 Å². The summed E-state index contributed by atoms with van der Waals surface area (Å²) in [4.78, 5) is 34.3. The lowest BCUT2D eigenvalue weighted by molar-refractivity contribution is -0.150. The van der Waals surface area contributed by atoms with Crippen LogP contribution in [0.25, 0.3) is 11.0 Å². The number of fused-ring (bicyclic) bond motifs is 2. The highest BCUT2D eigenvalue weighted by atomic mass is 16.5. The summed E-state index contributed by atoms with van der Waals surface area (Å²) in [5.74, 6) is -0.864. The number of hydrogen-bond acceptors (Lipinski definition) is 5. The predicted octanol–water partition coefficient (Wildman–Crippen LogP) is 2.46. The third-order valence-corrected chi connectivity index (χ3v) is 4.80. The van der Waals surface area contributed by atoms with E-state index in [0.29, 0.717) is 23.9 Å². The number of para-hydroxylation sites is 2. The number of carbonyl (C=O) groups is 2. The molecule has 1 N–H and O–H groups in total. The SMILES string of the molecule is CCOC(=O)C1(NC(=O)c2cnc3ccccc3n2)Cc2ccccc2C1.